The highest BCUT2D eigenvalue weighted by molar-refractivity contribution is 5.37. The number of hydrogen-bond acceptors (Lipinski definition) is 1. The highest BCUT2D eigenvalue weighted by Crippen LogP contribution is 2.30. The Morgan fingerprint density at radius 1 is 1.33 bits per heavy atom. The lowest BCUT2D eigenvalue weighted by molar-refractivity contribution is 0.339. The van der Waals surface area contributed by atoms with Crippen LogP contribution >= 0.6 is 0 Å². The van der Waals surface area contributed by atoms with E-state index in [1.54, 1.807) is 0 Å². The number of allylic oxidation sites excluding steroid dienone is 3. The molecule has 1 aromatic rings. The predicted octanol–water partition coefficient (Wildman–Crippen LogP) is 3.95. The number of hydrogen-bond donors (Lipinski definition) is 0. The van der Waals surface area contributed by atoms with E-state index in [1.165, 1.54) is 16.8 Å². The molecule has 0 saturated carbocycles. The summed E-state index contributed by atoms with van der Waals surface area (Å²) in [7, 11) is 2.17. The van der Waals surface area contributed by atoms with Crippen molar-refractivity contribution in [1.29, 1.82) is 0 Å². The van der Waals surface area contributed by atoms with Crippen LogP contribution in [-0.4, -0.2) is 18.0 Å². The average Bonchev–Trinajstić information content (AvgIpc) is 2.67. The molecule has 1 nitrogen and oxygen atoms in total. The van der Waals surface area contributed by atoms with Crippen LogP contribution in [0, 0.1) is 0 Å². The van der Waals surface area contributed by atoms with Crippen molar-refractivity contribution in [3.8, 4) is 0 Å². The Bertz CT molecular complexity index is 468. The summed E-state index contributed by atoms with van der Waals surface area (Å²) in [5.74, 6) is 0. The lowest BCUT2D eigenvalue weighted by atomic mass is 10.0. The second kappa shape index (κ2) is 5.72. The highest BCUT2D eigenvalue weighted by atomic mass is 15.2. The van der Waals surface area contributed by atoms with Crippen molar-refractivity contribution in [3.63, 3.8) is 0 Å². The van der Waals surface area contributed by atoms with E-state index in [2.05, 4.69) is 67.9 Å². The van der Waals surface area contributed by atoms with Crippen LogP contribution in [0.1, 0.15) is 18.9 Å². The van der Waals surface area contributed by atoms with Crippen molar-refractivity contribution in [2.24, 2.45) is 0 Å². The van der Waals surface area contributed by atoms with Gasteiger partial charge in [-0.25, -0.2) is 0 Å². The van der Waals surface area contributed by atoms with Gasteiger partial charge in [0.25, 0.3) is 0 Å². The largest absolute Gasteiger partial charge is 0.371 e. The van der Waals surface area contributed by atoms with E-state index in [0.717, 1.165) is 12.8 Å². The molecule has 0 saturated heterocycles. The van der Waals surface area contributed by atoms with Gasteiger partial charge in [-0.1, -0.05) is 49.1 Å². The molecule has 1 aliphatic rings. The minimum atomic E-state index is 0.548. The summed E-state index contributed by atoms with van der Waals surface area (Å²) in [4.78, 5) is 2.36. The third-order valence-corrected chi connectivity index (χ3v) is 3.59. The van der Waals surface area contributed by atoms with Gasteiger partial charge in [-0.05, 0) is 37.0 Å². The maximum absolute atomic E-state index is 3.93. The fourth-order valence-corrected chi connectivity index (χ4v) is 2.64. The van der Waals surface area contributed by atoms with Gasteiger partial charge in [-0.3, -0.25) is 0 Å². The van der Waals surface area contributed by atoms with Crippen LogP contribution in [0.25, 0.3) is 0 Å². The molecule has 0 bridgehead atoms. The van der Waals surface area contributed by atoms with Crippen molar-refractivity contribution < 1.29 is 0 Å². The van der Waals surface area contributed by atoms with Crippen molar-refractivity contribution in [2.45, 2.75) is 25.8 Å². The molecule has 94 valence electrons. The molecule has 0 amide bonds. The first-order valence-electron chi connectivity index (χ1n) is 6.51. The molecule has 0 radical (unpaired) electrons. The van der Waals surface area contributed by atoms with Gasteiger partial charge in [-0.2, -0.15) is 0 Å². The average molecular weight is 239 g/mol. The second-order valence-electron chi connectivity index (χ2n) is 4.77. The monoisotopic (exact) mass is 239 g/mol. The molecule has 0 N–H and O–H groups in total. The zero-order valence-electron chi connectivity index (χ0n) is 11.3. The number of rotatable bonds is 4. The van der Waals surface area contributed by atoms with Gasteiger partial charge in [0.1, 0.15) is 0 Å². The molecule has 1 heterocycles. The molecule has 1 atom stereocenters. The van der Waals surface area contributed by atoms with Gasteiger partial charge in [0.2, 0.25) is 0 Å². The van der Waals surface area contributed by atoms with Crippen LogP contribution in [0.2, 0.25) is 0 Å². The molecule has 1 aromatic carbocycles. The molecule has 0 spiro atoms. The zero-order chi connectivity index (χ0) is 13.0. The summed E-state index contributed by atoms with van der Waals surface area (Å²) < 4.78 is 0. The standard InChI is InChI=1S/C17H21N/c1-4-9-15-13-16(18(3)17(15)5-2)12-14-10-7-6-8-11-14/h4-11,16H,2,12-13H2,1,3H3/b9-4-. The van der Waals surface area contributed by atoms with E-state index in [4.69, 9.17) is 0 Å². The van der Waals surface area contributed by atoms with Crippen LogP contribution in [0.4, 0.5) is 0 Å². The Labute approximate surface area is 110 Å². The number of nitrogens with zero attached hydrogens (tertiary/aromatic N) is 1. The smallest absolute Gasteiger partial charge is 0.0393 e. The molecule has 2 rings (SSSR count). The van der Waals surface area contributed by atoms with Crippen LogP contribution < -0.4 is 0 Å². The van der Waals surface area contributed by atoms with Crippen molar-refractivity contribution in [1.82, 2.24) is 4.90 Å². The molecule has 0 aromatic heterocycles. The van der Waals surface area contributed by atoms with Crippen molar-refractivity contribution in [2.75, 3.05) is 7.05 Å². The summed E-state index contributed by atoms with van der Waals surface area (Å²) in [5.41, 5.74) is 4.07. The van der Waals surface area contributed by atoms with E-state index in [9.17, 15) is 0 Å². The van der Waals surface area contributed by atoms with Crippen molar-refractivity contribution >= 4 is 0 Å². The number of benzene rings is 1. The number of likely N-dealkylation sites (N-methyl/N-ethyl adjacent to an activating group) is 1. The topological polar surface area (TPSA) is 3.24 Å². The van der Waals surface area contributed by atoms with Gasteiger partial charge in [0.05, 0.1) is 0 Å². The summed E-state index contributed by atoms with van der Waals surface area (Å²) in [6, 6.07) is 11.2. The fourth-order valence-electron chi connectivity index (χ4n) is 2.64. The first-order chi connectivity index (χ1) is 8.76. The second-order valence-corrected chi connectivity index (χ2v) is 4.77. The maximum atomic E-state index is 3.93. The first-order valence-corrected chi connectivity index (χ1v) is 6.51. The summed E-state index contributed by atoms with van der Waals surface area (Å²) >= 11 is 0. The fraction of sp³-hybridized carbons (Fsp3) is 0.294. The molecule has 1 aliphatic heterocycles. The summed E-state index contributed by atoms with van der Waals surface area (Å²) in [6.45, 7) is 6.00. The lowest BCUT2D eigenvalue weighted by Crippen LogP contribution is -2.27. The minimum Gasteiger partial charge on any atom is -0.371 e. The first kappa shape index (κ1) is 12.7. The Morgan fingerprint density at radius 2 is 2.06 bits per heavy atom. The van der Waals surface area contributed by atoms with E-state index < -0.39 is 0 Å². The Morgan fingerprint density at radius 3 is 2.67 bits per heavy atom. The normalized spacial score (nSPS) is 19.9. The van der Waals surface area contributed by atoms with E-state index >= 15 is 0 Å². The maximum Gasteiger partial charge on any atom is 0.0393 e. The molecule has 0 aliphatic carbocycles. The molecule has 1 unspecified atom stereocenters. The molecular weight excluding hydrogens is 218 g/mol. The Balaban J connectivity index is 2.13. The highest BCUT2D eigenvalue weighted by Gasteiger charge is 2.25. The zero-order valence-corrected chi connectivity index (χ0v) is 11.3. The van der Waals surface area contributed by atoms with Crippen LogP contribution in [0.15, 0.2) is 66.4 Å². The third kappa shape index (κ3) is 2.56. The van der Waals surface area contributed by atoms with E-state index in [-0.39, 0.29) is 0 Å². The summed E-state index contributed by atoms with van der Waals surface area (Å²) in [6.07, 6.45) is 8.49. The molecular formula is C17H21N. The third-order valence-electron chi connectivity index (χ3n) is 3.59. The van der Waals surface area contributed by atoms with Crippen molar-refractivity contribution in [3.05, 3.63) is 72.0 Å². The molecule has 0 fully saturated rings. The van der Waals surface area contributed by atoms with E-state index in [0.29, 0.717) is 6.04 Å². The van der Waals surface area contributed by atoms with E-state index in [1.807, 2.05) is 6.08 Å². The van der Waals surface area contributed by atoms with Crippen LogP contribution in [0.5, 0.6) is 0 Å². The quantitative estimate of drug-likeness (QED) is 0.769. The minimum absolute atomic E-state index is 0.548. The van der Waals surface area contributed by atoms with Gasteiger partial charge in [0, 0.05) is 18.8 Å². The van der Waals surface area contributed by atoms with Gasteiger partial charge < -0.3 is 4.90 Å². The van der Waals surface area contributed by atoms with Gasteiger partial charge in [-0.15, -0.1) is 0 Å². The lowest BCUT2D eigenvalue weighted by Gasteiger charge is -2.24. The SMILES string of the molecule is C=CC1=C(/C=C\C)CC(Cc2ccccc2)N1C. The Kier molecular flexibility index (Phi) is 4.03. The summed E-state index contributed by atoms with van der Waals surface area (Å²) in [5, 5.41) is 0. The molecule has 18 heavy (non-hydrogen) atoms. The predicted molar refractivity (Wildman–Crippen MR) is 78.4 cm³/mol. The van der Waals surface area contributed by atoms with Gasteiger partial charge >= 0.3 is 0 Å². The van der Waals surface area contributed by atoms with Crippen LogP contribution in [0.3, 0.4) is 0 Å². The van der Waals surface area contributed by atoms with Crippen LogP contribution in [-0.2, 0) is 6.42 Å². The van der Waals surface area contributed by atoms with Gasteiger partial charge in [0.15, 0.2) is 0 Å². The molecule has 1 heteroatoms. The Hall–Kier alpha value is -1.76.